The molecule has 0 spiro atoms. The first kappa shape index (κ1) is 16.0. The van der Waals surface area contributed by atoms with E-state index in [9.17, 15) is 0 Å². The van der Waals surface area contributed by atoms with Crippen molar-refractivity contribution in [1.82, 2.24) is 29.7 Å². The molecule has 28 heavy (non-hydrogen) atoms. The first-order valence-corrected chi connectivity index (χ1v) is 10.2. The summed E-state index contributed by atoms with van der Waals surface area (Å²) < 4.78 is 2.35. The van der Waals surface area contributed by atoms with Crippen molar-refractivity contribution in [3.05, 3.63) is 57.7 Å². The summed E-state index contributed by atoms with van der Waals surface area (Å²) in [7, 11) is 0. The van der Waals surface area contributed by atoms with Gasteiger partial charge in [-0.15, -0.1) is 11.3 Å². The van der Waals surface area contributed by atoms with Crippen LogP contribution in [0.25, 0.3) is 38.2 Å². The van der Waals surface area contributed by atoms with Gasteiger partial charge in [0, 0.05) is 10.4 Å². The molecule has 0 atom stereocenters. The van der Waals surface area contributed by atoms with Crippen molar-refractivity contribution in [2.24, 2.45) is 0 Å². The highest BCUT2D eigenvalue weighted by molar-refractivity contribution is 7.71. The first-order chi connectivity index (χ1) is 13.7. The van der Waals surface area contributed by atoms with E-state index in [1.165, 1.54) is 21.6 Å². The molecule has 0 amide bonds. The van der Waals surface area contributed by atoms with Gasteiger partial charge in [-0.1, -0.05) is 36.5 Å². The van der Waals surface area contributed by atoms with E-state index in [1.54, 1.807) is 23.9 Å². The Morgan fingerprint density at radius 1 is 1.18 bits per heavy atom. The van der Waals surface area contributed by atoms with Crippen LogP contribution < -0.4 is 0 Å². The van der Waals surface area contributed by atoms with Crippen molar-refractivity contribution in [1.29, 1.82) is 0 Å². The minimum absolute atomic E-state index is 0.528. The Morgan fingerprint density at radius 3 is 3.00 bits per heavy atom. The molecule has 6 nitrogen and oxygen atoms in total. The molecule has 4 aromatic heterocycles. The monoisotopic (exact) mass is 402 g/mol. The lowest BCUT2D eigenvalue weighted by Crippen LogP contribution is -2.06. The van der Waals surface area contributed by atoms with Crippen molar-refractivity contribution in [3.63, 3.8) is 0 Å². The van der Waals surface area contributed by atoms with E-state index in [2.05, 4.69) is 39.3 Å². The van der Waals surface area contributed by atoms with E-state index >= 15 is 0 Å². The van der Waals surface area contributed by atoms with Gasteiger partial charge in [0.25, 0.3) is 0 Å². The Hall–Kier alpha value is -2.97. The number of aromatic amines is 1. The van der Waals surface area contributed by atoms with Gasteiger partial charge in [0.2, 0.25) is 0 Å². The van der Waals surface area contributed by atoms with Crippen LogP contribution in [-0.4, -0.2) is 29.7 Å². The molecule has 0 fully saturated rings. The minimum atomic E-state index is 0.528. The third-order valence-corrected chi connectivity index (χ3v) is 6.68. The van der Waals surface area contributed by atoms with Gasteiger partial charge < -0.3 is 4.98 Å². The predicted octanol–water partition coefficient (Wildman–Crippen LogP) is 4.56. The molecule has 1 N–H and O–H groups in total. The summed E-state index contributed by atoms with van der Waals surface area (Å²) in [6.07, 6.45) is 5.43. The molecule has 0 saturated heterocycles. The Balaban J connectivity index is 1.76. The number of benzene rings is 1. The number of hydrogen-bond acceptors (Lipinski definition) is 6. The molecule has 4 heterocycles. The van der Waals surface area contributed by atoms with Gasteiger partial charge in [-0.05, 0) is 30.9 Å². The summed E-state index contributed by atoms with van der Waals surface area (Å²) in [5, 5.41) is 6.46. The van der Waals surface area contributed by atoms with E-state index in [0.29, 0.717) is 4.64 Å². The molecule has 1 aromatic carbocycles. The van der Waals surface area contributed by atoms with Gasteiger partial charge in [-0.2, -0.15) is 9.78 Å². The summed E-state index contributed by atoms with van der Waals surface area (Å²) in [6, 6.07) is 8.61. The minimum Gasteiger partial charge on any atom is -0.330 e. The molecular formula is C20H14N6S2. The number of rotatable bonds is 1. The second-order valence-electron chi connectivity index (χ2n) is 6.86. The molecule has 1 aliphatic carbocycles. The van der Waals surface area contributed by atoms with Crippen LogP contribution in [0, 0.1) is 11.6 Å². The first-order valence-electron chi connectivity index (χ1n) is 9.01. The summed E-state index contributed by atoms with van der Waals surface area (Å²) in [5.41, 5.74) is 4.68. The number of thiophene rings is 1. The van der Waals surface area contributed by atoms with Gasteiger partial charge >= 0.3 is 0 Å². The number of aromatic nitrogens is 6. The van der Waals surface area contributed by atoms with Crippen molar-refractivity contribution >= 4 is 44.8 Å². The van der Waals surface area contributed by atoms with E-state index < -0.39 is 0 Å². The molecule has 8 heteroatoms. The quantitative estimate of drug-likeness (QED) is 0.416. The van der Waals surface area contributed by atoms with Crippen LogP contribution in [0.15, 0.2) is 36.8 Å². The Morgan fingerprint density at radius 2 is 2.07 bits per heavy atom. The maximum atomic E-state index is 5.36. The molecular weight excluding hydrogens is 388 g/mol. The third-order valence-electron chi connectivity index (χ3n) is 5.21. The van der Waals surface area contributed by atoms with Crippen LogP contribution in [0.1, 0.15) is 16.3 Å². The maximum absolute atomic E-state index is 5.36. The van der Waals surface area contributed by atoms with Gasteiger partial charge in [-0.25, -0.2) is 15.0 Å². The predicted molar refractivity (Wildman–Crippen MR) is 113 cm³/mol. The lowest BCUT2D eigenvalue weighted by molar-refractivity contribution is 0.855. The zero-order valence-electron chi connectivity index (χ0n) is 14.9. The number of H-pyrrole nitrogens is 1. The molecule has 136 valence electrons. The molecule has 0 radical (unpaired) electrons. The highest BCUT2D eigenvalue weighted by atomic mass is 32.1. The lowest BCUT2D eigenvalue weighted by Gasteiger charge is -2.17. The molecule has 6 rings (SSSR count). The van der Waals surface area contributed by atoms with Gasteiger partial charge in [0.15, 0.2) is 5.82 Å². The van der Waals surface area contributed by atoms with E-state index in [4.69, 9.17) is 22.2 Å². The Labute approximate surface area is 168 Å². The molecule has 0 unspecified atom stereocenters. The maximum Gasteiger partial charge on any atom is 0.168 e. The van der Waals surface area contributed by atoms with E-state index in [-0.39, 0.29) is 0 Å². The number of nitrogens with one attached hydrogen (secondary N) is 1. The van der Waals surface area contributed by atoms with Crippen molar-refractivity contribution in [2.45, 2.75) is 19.8 Å². The summed E-state index contributed by atoms with van der Waals surface area (Å²) in [4.78, 5) is 19.2. The fourth-order valence-electron chi connectivity index (χ4n) is 4.00. The van der Waals surface area contributed by atoms with Crippen LogP contribution in [0.4, 0.5) is 0 Å². The summed E-state index contributed by atoms with van der Waals surface area (Å²) in [5.74, 6) is 1.51. The second kappa shape index (κ2) is 5.76. The largest absolute Gasteiger partial charge is 0.330 e. The van der Waals surface area contributed by atoms with Crippen LogP contribution >= 0.6 is 23.6 Å². The molecule has 0 bridgehead atoms. The summed E-state index contributed by atoms with van der Waals surface area (Å²) in [6.45, 7) is 1.92. The smallest absolute Gasteiger partial charge is 0.168 e. The number of hydrogen-bond donors (Lipinski definition) is 1. The second-order valence-corrected chi connectivity index (χ2v) is 8.33. The topological polar surface area (TPSA) is 72.3 Å². The van der Waals surface area contributed by atoms with Crippen molar-refractivity contribution < 1.29 is 0 Å². The van der Waals surface area contributed by atoms with Crippen LogP contribution in [0.5, 0.6) is 0 Å². The number of aryl methyl sites for hydroxylation is 3. The fraction of sp³-hybridized carbons (Fsp3) is 0.150. The Kier molecular flexibility index (Phi) is 3.30. The zero-order valence-corrected chi connectivity index (χ0v) is 16.6. The van der Waals surface area contributed by atoms with Gasteiger partial charge in [-0.3, -0.25) is 0 Å². The fourth-order valence-corrected chi connectivity index (χ4v) is 5.43. The van der Waals surface area contributed by atoms with Gasteiger partial charge in [0.1, 0.15) is 20.9 Å². The molecule has 0 aliphatic heterocycles. The number of fused-ring (bicyclic) bond motifs is 6. The SMILES string of the molecule is Cc1nc(-n2ncc3c(=S)nc[nH]c32)c2c3c(sc2n1)CCc1ccccc1-3. The molecule has 1 aliphatic rings. The molecule has 5 aromatic rings. The van der Waals surface area contributed by atoms with Crippen LogP contribution in [0.3, 0.4) is 0 Å². The average molecular weight is 403 g/mol. The normalized spacial score (nSPS) is 13.0. The zero-order chi connectivity index (χ0) is 18.8. The molecule has 0 saturated carbocycles. The summed E-state index contributed by atoms with van der Waals surface area (Å²) >= 11 is 7.12. The Bertz CT molecular complexity index is 1460. The van der Waals surface area contributed by atoms with Gasteiger partial charge in [0.05, 0.1) is 23.3 Å². The highest BCUT2D eigenvalue weighted by Crippen LogP contribution is 2.45. The number of nitrogens with zero attached hydrogens (tertiary/aromatic N) is 5. The van der Waals surface area contributed by atoms with Crippen molar-refractivity contribution in [3.8, 4) is 16.9 Å². The van der Waals surface area contributed by atoms with E-state index in [1.807, 2.05) is 11.6 Å². The standard InChI is InChI=1S/C20H14N6S2/c1-10-24-18(26-17-13(8-23-26)19(27)22-9-21-17)16-15-12-5-3-2-4-11(12)6-7-14(15)28-20(16)25-10/h2-5,8-9H,6-7H2,1H3,(H,21,22,27). The third kappa shape index (κ3) is 2.15. The highest BCUT2D eigenvalue weighted by Gasteiger charge is 2.26. The lowest BCUT2D eigenvalue weighted by atomic mass is 9.89. The van der Waals surface area contributed by atoms with E-state index in [0.717, 1.165) is 45.7 Å². The van der Waals surface area contributed by atoms with Crippen LogP contribution in [-0.2, 0) is 12.8 Å². The average Bonchev–Trinajstić information content (AvgIpc) is 3.29. The van der Waals surface area contributed by atoms with Crippen LogP contribution in [0.2, 0.25) is 0 Å². The van der Waals surface area contributed by atoms with Crippen molar-refractivity contribution in [2.75, 3.05) is 0 Å².